The summed E-state index contributed by atoms with van der Waals surface area (Å²) in [5.41, 5.74) is 1.30. The van der Waals surface area contributed by atoms with Crippen LogP contribution >= 0.6 is 0 Å². The summed E-state index contributed by atoms with van der Waals surface area (Å²) in [6.07, 6.45) is 3.61. The molecule has 0 spiro atoms. The quantitative estimate of drug-likeness (QED) is 0.574. The summed E-state index contributed by atoms with van der Waals surface area (Å²) >= 11 is 0. The van der Waals surface area contributed by atoms with Gasteiger partial charge in [0.1, 0.15) is 5.82 Å². The van der Waals surface area contributed by atoms with E-state index in [0.29, 0.717) is 36.5 Å². The van der Waals surface area contributed by atoms with Gasteiger partial charge in [-0.3, -0.25) is 4.79 Å². The van der Waals surface area contributed by atoms with Crippen molar-refractivity contribution in [3.8, 4) is 28.9 Å². The number of methoxy groups -OCH3 is 2. The molecule has 1 N–H and O–H groups in total. The van der Waals surface area contributed by atoms with Crippen molar-refractivity contribution in [3.05, 3.63) is 59.7 Å². The Morgan fingerprint density at radius 1 is 1.23 bits per heavy atom. The van der Waals surface area contributed by atoms with Crippen molar-refractivity contribution in [1.29, 1.82) is 5.26 Å². The number of aromatic nitrogens is 3. The SMILES string of the molecule is COCCCNC(=O)c1ccc(-n2ncc(-c3ccc(C#N)cc3F)c2OC)nc1. The van der Waals surface area contributed by atoms with Crippen LogP contribution in [0.1, 0.15) is 22.3 Å². The predicted molar refractivity (Wildman–Crippen MR) is 107 cm³/mol. The van der Waals surface area contributed by atoms with E-state index >= 15 is 0 Å². The minimum Gasteiger partial charge on any atom is -0.480 e. The summed E-state index contributed by atoms with van der Waals surface area (Å²) in [6.45, 7) is 1.07. The molecule has 2 aromatic heterocycles. The Bertz CT molecular complexity index is 1070. The van der Waals surface area contributed by atoms with Gasteiger partial charge < -0.3 is 14.8 Å². The number of carbonyl (C=O) groups is 1. The van der Waals surface area contributed by atoms with Crippen LogP contribution in [0.15, 0.2) is 42.7 Å². The second-order valence-corrected chi connectivity index (χ2v) is 6.29. The molecule has 1 aromatic carbocycles. The number of amides is 1. The average molecular weight is 409 g/mol. The lowest BCUT2D eigenvalue weighted by atomic mass is 10.1. The largest absolute Gasteiger partial charge is 0.480 e. The molecule has 2 heterocycles. The lowest BCUT2D eigenvalue weighted by molar-refractivity contribution is 0.0948. The maximum atomic E-state index is 14.4. The van der Waals surface area contributed by atoms with Crippen molar-refractivity contribution < 1.29 is 18.7 Å². The highest BCUT2D eigenvalue weighted by Gasteiger charge is 2.19. The fourth-order valence-electron chi connectivity index (χ4n) is 2.85. The zero-order chi connectivity index (χ0) is 21.5. The van der Waals surface area contributed by atoms with E-state index < -0.39 is 5.82 Å². The maximum Gasteiger partial charge on any atom is 0.252 e. The first-order valence-electron chi connectivity index (χ1n) is 9.14. The van der Waals surface area contributed by atoms with Gasteiger partial charge in [0.05, 0.1) is 36.1 Å². The third-order valence-corrected chi connectivity index (χ3v) is 4.34. The van der Waals surface area contributed by atoms with Gasteiger partial charge in [0.25, 0.3) is 5.91 Å². The standard InChI is InChI=1S/C21H20FN5O3/c1-29-9-3-8-24-20(28)15-5-7-19(25-12-15)27-21(30-2)17(13-26-27)16-6-4-14(11-23)10-18(16)22/h4-7,10,12-13H,3,8-9H2,1-2H3,(H,24,28). The number of hydrogen-bond acceptors (Lipinski definition) is 6. The smallest absolute Gasteiger partial charge is 0.252 e. The van der Waals surface area contributed by atoms with Gasteiger partial charge in [0, 0.05) is 32.0 Å². The van der Waals surface area contributed by atoms with Crippen molar-refractivity contribution in [2.24, 2.45) is 0 Å². The number of benzene rings is 1. The first kappa shape index (κ1) is 21.0. The Hall–Kier alpha value is -3.77. The Kier molecular flexibility index (Phi) is 6.72. The van der Waals surface area contributed by atoms with Gasteiger partial charge in [0.15, 0.2) is 5.82 Å². The summed E-state index contributed by atoms with van der Waals surface area (Å²) in [5, 5.41) is 15.9. The lowest BCUT2D eigenvalue weighted by Gasteiger charge is -2.09. The molecule has 3 aromatic rings. The molecule has 0 saturated heterocycles. The highest BCUT2D eigenvalue weighted by atomic mass is 19.1. The number of nitrogens with one attached hydrogen (secondary N) is 1. The number of ether oxygens (including phenoxy) is 2. The van der Waals surface area contributed by atoms with E-state index in [-0.39, 0.29) is 22.9 Å². The Morgan fingerprint density at radius 2 is 2.07 bits per heavy atom. The molecule has 30 heavy (non-hydrogen) atoms. The minimum absolute atomic E-state index is 0.223. The molecule has 3 rings (SSSR count). The Labute approximate surface area is 172 Å². The average Bonchev–Trinajstić information content (AvgIpc) is 3.20. The van der Waals surface area contributed by atoms with Gasteiger partial charge in [-0.1, -0.05) is 0 Å². The number of nitriles is 1. The number of nitrogens with zero attached hydrogens (tertiary/aromatic N) is 4. The zero-order valence-corrected chi connectivity index (χ0v) is 16.6. The van der Waals surface area contributed by atoms with Gasteiger partial charge in [-0.15, -0.1) is 0 Å². The number of rotatable bonds is 8. The highest BCUT2D eigenvalue weighted by molar-refractivity contribution is 5.93. The van der Waals surface area contributed by atoms with Gasteiger partial charge in [-0.05, 0) is 36.8 Å². The van der Waals surface area contributed by atoms with E-state index in [9.17, 15) is 9.18 Å². The molecule has 0 unspecified atom stereocenters. The molecular formula is C21H20FN5O3. The van der Waals surface area contributed by atoms with Crippen LogP contribution in [0.25, 0.3) is 16.9 Å². The minimum atomic E-state index is -0.555. The van der Waals surface area contributed by atoms with Crippen molar-refractivity contribution >= 4 is 5.91 Å². The lowest BCUT2D eigenvalue weighted by Crippen LogP contribution is -2.25. The Morgan fingerprint density at radius 3 is 2.70 bits per heavy atom. The molecular weight excluding hydrogens is 389 g/mol. The van der Waals surface area contributed by atoms with E-state index in [4.69, 9.17) is 14.7 Å². The van der Waals surface area contributed by atoms with Crippen LogP contribution in [0.3, 0.4) is 0 Å². The van der Waals surface area contributed by atoms with Crippen LogP contribution in [0, 0.1) is 17.1 Å². The fourth-order valence-corrected chi connectivity index (χ4v) is 2.85. The monoisotopic (exact) mass is 409 g/mol. The van der Waals surface area contributed by atoms with Crippen molar-refractivity contribution in [2.45, 2.75) is 6.42 Å². The molecule has 0 atom stereocenters. The summed E-state index contributed by atoms with van der Waals surface area (Å²) in [4.78, 5) is 16.4. The number of hydrogen-bond donors (Lipinski definition) is 1. The zero-order valence-electron chi connectivity index (χ0n) is 16.6. The van der Waals surface area contributed by atoms with Crippen molar-refractivity contribution in [1.82, 2.24) is 20.1 Å². The summed E-state index contributed by atoms with van der Waals surface area (Å²) in [7, 11) is 3.05. The summed E-state index contributed by atoms with van der Waals surface area (Å²) in [6, 6.07) is 9.32. The molecule has 0 radical (unpaired) electrons. The second-order valence-electron chi connectivity index (χ2n) is 6.29. The first-order valence-corrected chi connectivity index (χ1v) is 9.14. The van der Waals surface area contributed by atoms with E-state index in [1.807, 2.05) is 6.07 Å². The van der Waals surface area contributed by atoms with Crippen LogP contribution in [-0.2, 0) is 4.74 Å². The van der Waals surface area contributed by atoms with Gasteiger partial charge in [-0.2, -0.15) is 15.0 Å². The van der Waals surface area contributed by atoms with Crippen LogP contribution in [0.2, 0.25) is 0 Å². The third kappa shape index (κ3) is 4.45. The topological polar surface area (TPSA) is 102 Å². The molecule has 0 aliphatic rings. The van der Waals surface area contributed by atoms with E-state index in [1.165, 1.54) is 36.3 Å². The summed E-state index contributed by atoms with van der Waals surface area (Å²) < 4.78 is 26.2. The first-order chi connectivity index (χ1) is 14.6. The normalized spacial score (nSPS) is 10.5. The van der Waals surface area contributed by atoms with Crippen LogP contribution in [0.5, 0.6) is 5.88 Å². The maximum absolute atomic E-state index is 14.4. The molecule has 8 nitrogen and oxygen atoms in total. The van der Waals surface area contributed by atoms with Crippen LogP contribution < -0.4 is 10.1 Å². The highest BCUT2D eigenvalue weighted by Crippen LogP contribution is 2.33. The molecule has 0 bridgehead atoms. The molecule has 154 valence electrons. The van der Waals surface area contributed by atoms with E-state index in [0.717, 1.165) is 6.07 Å². The number of pyridine rings is 1. The van der Waals surface area contributed by atoms with Gasteiger partial charge in [0.2, 0.25) is 5.88 Å². The molecule has 0 fully saturated rings. The van der Waals surface area contributed by atoms with E-state index in [2.05, 4.69) is 15.4 Å². The van der Waals surface area contributed by atoms with Gasteiger partial charge in [-0.25, -0.2) is 9.37 Å². The predicted octanol–water partition coefficient (Wildman–Crippen LogP) is 2.72. The molecule has 0 aliphatic heterocycles. The molecule has 0 aliphatic carbocycles. The van der Waals surface area contributed by atoms with E-state index in [1.54, 1.807) is 19.2 Å². The van der Waals surface area contributed by atoms with Crippen LogP contribution in [-0.4, -0.2) is 48.0 Å². The van der Waals surface area contributed by atoms with Gasteiger partial charge >= 0.3 is 0 Å². The third-order valence-electron chi connectivity index (χ3n) is 4.34. The molecule has 9 heteroatoms. The summed E-state index contributed by atoms with van der Waals surface area (Å²) in [5.74, 6) is -0.107. The number of carbonyl (C=O) groups excluding carboxylic acids is 1. The van der Waals surface area contributed by atoms with Crippen LogP contribution in [0.4, 0.5) is 4.39 Å². The van der Waals surface area contributed by atoms with Crippen molar-refractivity contribution in [2.75, 3.05) is 27.4 Å². The molecule has 0 saturated carbocycles. The second kappa shape index (κ2) is 9.62. The van der Waals surface area contributed by atoms with Crippen molar-refractivity contribution in [3.63, 3.8) is 0 Å². The Balaban J connectivity index is 1.83. The molecule has 1 amide bonds. The fraction of sp³-hybridized carbons (Fsp3) is 0.238. The number of halogens is 1.